The molecular weight excluding hydrogens is 565 g/mol. The third-order valence-electron chi connectivity index (χ3n) is 7.87. The van der Waals surface area contributed by atoms with E-state index in [1.807, 2.05) is 81.4 Å². The Hall–Kier alpha value is -3.95. The summed E-state index contributed by atoms with van der Waals surface area (Å²) in [4.78, 5) is 2.83. The van der Waals surface area contributed by atoms with Gasteiger partial charge in [0.15, 0.2) is 6.10 Å². The van der Waals surface area contributed by atoms with Crippen molar-refractivity contribution >= 4 is 29.6 Å². The molecule has 2 heterocycles. The van der Waals surface area contributed by atoms with Gasteiger partial charge in [0.05, 0.1) is 11.2 Å². The van der Waals surface area contributed by atoms with Gasteiger partial charge in [0.2, 0.25) is 0 Å². The number of alkyl halides is 2. The van der Waals surface area contributed by atoms with Gasteiger partial charge in [-0.15, -0.1) is 0 Å². The number of H-pyrrole nitrogens is 1. The molecule has 6 rings (SSSR count). The van der Waals surface area contributed by atoms with Crippen molar-refractivity contribution in [2.75, 3.05) is 6.61 Å². The molecule has 4 aromatic carbocycles. The minimum absolute atomic E-state index is 0.0763. The van der Waals surface area contributed by atoms with E-state index in [-0.39, 0.29) is 33.5 Å². The van der Waals surface area contributed by atoms with E-state index in [0.717, 1.165) is 28.6 Å². The molecule has 1 unspecified atom stereocenters. The highest BCUT2D eigenvalue weighted by Crippen LogP contribution is 2.51. The number of aromatic nitrogens is 1. The third-order valence-corrected chi connectivity index (χ3v) is 12.8. The molecular formula is C33H28F5NO2Si. The number of nitrogens with one attached hydrogen (secondary N) is 1. The zero-order valence-corrected chi connectivity index (χ0v) is 24.2. The van der Waals surface area contributed by atoms with Crippen molar-refractivity contribution in [3.05, 3.63) is 114 Å². The molecule has 0 fully saturated rings. The highest BCUT2D eigenvalue weighted by Gasteiger charge is 2.55. The largest absolute Gasteiger partial charge is 0.478 e. The number of halogens is 5. The van der Waals surface area contributed by atoms with Gasteiger partial charge in [-0.1, -0.05) is 81.4 Å². The summed E-state index contributed by atoms with van der Waals surface area (Å²) in [5.74, 6) is -6.38. The van der Waals surface area contributed by atoms with Gasteiger partial charge >= 0.3 is 5.92 Å². The van der Waals surface area contributed by atoms with Crippen molar-refractivity contribution in [1.82, 2.24) is 4.98 Å². The topological polar surface area (TPSA) is 34.2 Å². The van der Waals surface area contributed by atoms with Crippen LogP contribution in [0, 0.1) is 17.5 Å². The van der Waals surface area contributed by atoms with Crippen LogP contribution in [-0.2, 0) is 4.43 Å². The molecule has 1 N–H and O–H groups in total. The van der Waals surface area contributed by atoms with E-state index in [0.29, 0.717) is 6.07 Å². The second-order valence-corrected chi connectivity index (χ2v) is 15.9. The smallest absolute Gasteiger partial charge is 0.309 e. The van der Waals surface area contributed by atoms with E-state index in [1.54, 1.807) is 0 Å². The van der Waals surface area contributed by atoms with Crippen LogP contribution in [0.1, 0.15) is 32.4 Å². The predicted octanol–water partition coefficient (Wildman–Crippen LogP) is 7.90. The monoisotopic (exact) mass is 593 g/mol. The van der Waals surface area contributed by atoms with Crippen LogP contribution in [0.3, 0.4) is 0 Å². The Kier molecular flexibility index (Phi) is 6.77. The first kappa shape index (κ1) is 28.2. The molecule has 1 aliphatic rings. The van der Waals surface area contributed by atoms with Gasteiger partial charge in [-0.3, -0.25) is 0 Å². The number of hydrogen-bond donors (Lipinski definition) is 1. The molecule has 1 atom stereocenters. The Morgan fingerprint density at radius 3 is 2.02 bits per heavy atom. The van der Waals surface area contributed by atoms with Crippen molar-refractivity contribution in [2.45, 2.75) is 37.8 Å². The second-order valence-electron chi connectivity index (χ2n) is 11.6. The lowest BCUT2D eigenvalue weighted by Gasteiger charge is -2.44. The summed E-state index contributed by atoms with van der Waals surface area (Å²) < 4.78 is 89.0. The summed E-state index contributed by atoms with van der Waals surface area (Å²) in [6, 6.07) is 23.9. The Morgan fingerprint density at radius 2 is 1.43 bits per heavy atom. The molecule has 1 aromatic heterocycles. The standard InChI is InChI=1S/C33H28F5NO2Si/c1-32(2,3)42(22-10-6-4-7-11-22,23-12-8-5-9-13-23)40-19-33(37,38)31-28-25-16-21(35)17-26(36)29(25)39-30(28)24-15-14-20(34)18-27(24)41-31/h4-18,31,39H,19H2,1-3H3. The van der Waals surface area contributed by atoms with Gasteiger partial charge < -0.3 is 14.1 Å². The molecule has 0 aliphatic carbocycles. The molecule has 42 heavy (non-hydrogen) atoms. The van der Waals surface area contributed by atoms with Gasteiger partial charge in [-0.25, -0.2) is 13.2 Å². The molecule has 0 spiro atoms. The number of hydrogen-bond acceptors (Lipinski definition) is 2. The van der Waals surface area contributed by atoms with E-state index in [4.69, 9.17) is 9.16 Å². The van der Waals surface area contributed by atoms with Crippen molar-refractivity contribution in [2.24, 2.45) is 0 Å². The van der Waals surface area contributed by atoms with E-state index in [1.165, 1.54) is 6.07 Å². The lowest BCUT2D eigenvalue weighted by Crippen LogP contribution is -2.67. The van der Waals surface area contributed by atoms with E-state index >= 15 is 8.78 Å². The van der Waals surface area contributed by atoms with E-state index < -0.39 is 49.4 Å². The zero-order valence-electron chi connectivity index (χ0n) is 23.2. The first-order valence-electron chi connectivity index (χ1n) is 13.5. The van der Waals surface area contributed by atoms with E-state index in [2.05, 4.69) is 4.98 Å². The third kappa shape index (κ3) is 4.51. The normalized spacial score (nSPS) is 15.3. The van der Waals surface area contributed by atoms with Crippen molar-refractivity contribution in [1.29, 1.82) is 0 Å². The molecule has 0 bridgehead atoms. The number of ether oxygens (including phenoxy) is 1. The highest BCUT2D eigenvalue weighted by atomic mass is 28.4. The maximum Gasteiger partial charge on any atom is 0.309 e. The molecule has 9 heteroatoms. The Bertz CT molecular complexity index is 1730. The second kappa shape index (κ2) is 10.1. The molecule has 5 aromatic rings. The van der Waals surface area contributed by atoms with Crippen molar-refractivity contribution in [3.63, 3.8) is 0 Å². The lowest BCUT2D eigenvalue weighted by molar-refractivity contribution is -0.124. The van der Waals surface area contributed by atoms with Crippen LogP contribution >= 0.6 is 0 Å². The molecule has 0 amide bonds. The van der Waals surface area contributed by atoms with Crippen LogP contribution in [0.25, 0.3) is 22.2 Å². The summed E-state index contributed by atoms with van der Waals surface area (Å²) >= 11 is 0. The fraction of sp³-hybridized carbons (Fsp3) is 0.212. The van der Waals surface area contributed by atoms with Crippen molar-refractivity contribution in [3.8, 4) is 17.0 Å². The Balaban J connectivity index is 1.49. The SMILES string of the molecule is CC(C)(C)[Si](OCC(F)(F)C1Oc2cc(F)ccc2-c2[nH]c3c(F)cc(F)cc3c21)(c1ccccc1)c1ccccc1. The average Bonchev–Trinajstić information content (AvgIpc) is 3.33. The average molecular weight is 594 g/mol. The quantitative estimate of drug-likeness (QED) is 0.161. The van der Waals surface area contributed by atoms with Gasteiger partial charge in [0.25, 0.3) is 8.32 Å². The van der Waals surface area contributed by atoms with E-state index in [9.17, 15) is 13.2 Å². The molecule has 0 saturated carbocycles. The van der Waals surface area contributed by atoms with Gasteiger partial charge in [-0.2, -0.15) is 8.78 Å². The molecule has 0 radical (unpaired) electrons. The molecule has 3 nitrogen and oxygen atoms in total. The number of rotatable bonds is 6. The van der Waals surface area contributed by atoms with Crippen LogP contribution in [0.2, 0.25) is 5.04 Å². The first-order valence-corrected chi connectivity index (χ1v) is 15.4. The predicted molar refractivity (Wildman–Crippen MR) is 155 cm³/mol. The zero-order chi connectivity index (χ0) is 29.9. The minimum Gasteiger partial charge on any atom is -0.478 e. The van der Waals surface area contributed by atoms with Crippen LogP contribution < -0.4 is 15.1 Å². The van der Waals surface area contributed by atoms with Crippen LogP contribution in [-0.4, -0.2) is 25.8 Å². The fourth-order valence-electron chi connectivity index (χ4n) is 6.05. The number of aromatic amines is 1. The van der Waals surface area contributed by atoms with Gasteiger partial charge in [-0.05, 0) is 33.6 Å². The maximum atomic E-state index is 16.6. The molecule has 216 valence electrons. The summed E-state index contributed by atoms with van der Waals surface area (Å²) in [5, 5.41) is 0.974. The van der Waals surface area contributed by atoms with Gasteiger partial charge in [0.1, 0.15) is 29.8 Å². The maximum absolute atomic E-state index is 16.6. The van der Waals surface area contributed by atoms with Crippen molar-refractivity contribution < 1.29 is 31.1 Å². The molecule has 1 aliphatic heterocycles. The fourth-order valence-corrected chi connectivity index (χ4v) is 10.6. The Labute approximate surface area is 241 Å². The summed E-state index contributed by atoms with van der Waals surface area (Å²) in [7, 11) is -3.37. The number of benzene rings is 4. The first-order chi connectivity index (χ1) is 19.9. The van der Waals surface area contributed by atoms with Gasteiger partial charge in [0, 0.05) is 28.6 Å². The summed E-state index contributed by atoms with van der Waals surface area (Å²) in [5.41, 5.74) is 0.127. The Morgan fingerprint density at radius 1 is 0.810 bits per heavy atom. The molecule has 0 saturated heterocycles. The summed E-state index contributed by atoms with van der Waals surface area (Å²) in [6.45, 7) is 4.85. The minimum atomic E-state index is -3.70. The van der Waals surface area contributed by atoms with Crippen LogP contribution in [0.5, 0.6) is 5.75 Å². The number of fused-ring (bicyclic) bond motifs is 5. The highest BCUT2D eigenvalue weighted by molar-refractivity contribution is 6.99. The lowest BCUT2D eigenvalue weighted by atomic mass is 9.93. The summed E-state index contributed by atoms with van der Waals surface area (Å²) in [6.07, 6.45) is -2.02. The van der Waals surface area contributed by atoms with Crippen LogP contribution in [0.4, 0.5) is 22.0 Å². The van der Waals surface area contributed by atoms with Crippen LogP contribution in [0.15, 0.2) is 91.0 Å².